The number of nitrogens with one attached hydrogen (secondary N) is 1. The second-order valence-electron chi connectivity index (χ2n) is 7.22. The largest absolute Gasteiger partial charge is 0.291 e. The molecule has 0 aliphatic carbocycles. The lowest BCUT2D eigenvalue weighted by atomic mass is 10.2. The number of benzene rings is 1. The highest BCUT2D eigenvalue weighted by Gasteiger charge is 2.23. The number of hydrogen-bond acceptors (Lipinski definition) is 5. The molecular weight excluding hydrogens is 460 g/mol. The summed E-state index contributed by atoms with van der Waals surface area (Å²) in [6, 6.07) is 7.41. The van der Waals surface area contributed by atoms with E-state index in [1.807, 2.05) is 25.1 Å². The van der Waals surface area contributed by atoms with Crippen LogP contribution in [0.3, 0.4) is 0 Å². The SMILES string of the molecule is C=CC(=O)N1CCCCC(n2c(NC(=O)c3cncc(C)c3)nc3cccc(Br)c32)=N1. The molecule has 1 N–H and O–H groups in total. The molecule has 0 atom stereocenters. The van der Waals surface area contributed by atoms with Gasteiger partial charge < -0.3 is 0 Å². The average Bonchev–Trinajstić information content (AvgIpc) is 2.95. The van der Waals surface area contributed by atoms with Crippen LogP contribution in [0.25, 0.3) is 11.0 Å². The molecule has 0 saturated carbocycles. The number of hydrazone groups is 1. The van der Waals surface area contributed by atoms with Gasteiger partial charge in [0.2, 0.25) is 5.95 Å². The summed E-state index contributed by atoms with van der Waals surface area (Å²) >= 11 is 3.59. The number of fused-ring (bicyclic) bond motifs is 1. The maximum Gasteiger partial charge on any atom is 0.266 e. The Kier molecular flexibility index (Phi) is 5.94. The highest BCUT2D eigenvalue weighted by molar-refractivity contribution is 9.10. The van der Waals surface area contributed by atoms with Crippen LogP contribution in [0, 0.1) is 6.92 Å². The number of carbonyl (C=O) groups is 2. The Morgan fingerprint density at radius 1 is 1.26 bits per heavy atom. The first kappa shape index (κ1) is 20.9. The predicted molar refractivity (Wildman–Crippen MR) is 123 cm³/mol. The van der Waals surface area contributed by atoms with Crippen molar-refractivity contribution >= 4 is 50.6 Å². The smallest absolute Gasteiger partial charge is 0.266 e. The van der Waals surface area contributed by atoms with Crippen molar-refractivity contribution in [2.45, 2.75) is 26.2 Å². The van der Waals surface area contributed by atoms with Crippen LogP contribution in [0.4, 0.5) is 5.95 Å². The number of pyridine rings is 1. The van der Waals surface area contributed by atoms with Crippen LogP contribution in [0.5, 0.6) is 0 Å². The quantitative estimate of drug-likeness (QED) is 0.570. The van der Waals surface area contributed by atoms with Gasteiger partial charge in [0.15, 0.2) is 0 Å². The molecule has 2 amide bonds. The molecule has 31 heavy (non-hydrogen) atoms. The van der Waals surface area contributed by atoms with Gasteiger partial charge >= 0.3 is 0 Å². The molecule has 9 heteroatoms. The molecule has 1 aliphatic heterocycles. The molecule has 158 valence electrons. The van der Waals surface area contributed by atoms with E-state index < -0.39 is 0 Å². The van der Waals surface area contributed by atoms with E-state index in [4.69, 9.17) is 0 Å². The van der Waals surface area contributed by atoms with Crippen LogP contribution in [-0.4, -0.2) is 43.7 Å². The third-order valence-corrected chi connectivity index (χ3v) is 5.57. The van der Waals surface area contributed by atoms with Gasteiger partial charge in [-0.05, 0) is 65.5 Å². The number of halogens is 1. The zero-order chi connectivity index (χ0) is 22.0. The monoisotopic (exact) mass is 480 g/mol. The van der Waals surface area contributed by atoms with E-state index in [-0.39, 0.29) is 11.8 Å². The van der Waals surface area contributed by atoms with Crippen molar-refractivity contribution in [2.75, 3.05) is 11.9 Å². The van der Waals surface area contributed by atoms with E-state index in [1.54, 1.807) is 16.8 Å². The summed E-state index contributed by atoms with van der Waals surface area (Å²) in [4.78, 5) is 33.9. The minimum absolute atomic E-state index is 0.265. The van der Waals surface area contributed by atoms with E-state index in [0.29, 0.717) is 35.8 Å². The van der Waals surface area contributed by atoms with Crippen molar-refractivity contribution in [1.29, 1.82) is 0 Å². The standard InChI is InChI=1S/C22H21BrN6O2/c1-3-19(30)28-10-5-4-9-18(27-28)29-20-16(23)7-6-8-17(20)25-22(29)26-21(31)15-11-14(2)12-24-13-15/h3,6-8,11-13H,1,4-5,9-10H2,2H3,(H,25,26,31). The maximum absolute atomic E-state index is 12.9. The van der Waals surface area contributed by atoms with Crippen LogP contribution in [0.2, 0.25) is 0 Å². The lowest BCUT2D eigenvalue weighted by Crippen LogP contribution is -2.27. The van der Waals surface area contributed by atoms with Crippen LogP contribution in [0.15, 0.2) is 58.9 Å². The fourth-order valence-electron chi connectivity index (χ4n) is 3.48. The summed E-state index contributed by atoms with van der Waals surface area (Å²) in [6.45, 7) is 5.96. The van der Waals surface area contributed by atoms with Gasteiger partial charge in [-0.3, -0.25) is 24.5 Å². The van der Waals surface area contributed by atoms with Gasteiger partial charge in [0.25, 0.3) is 11.8 Å². The van der Waals surface area contributed by atoms with E-state index >= 15 is 0 Å². The molecule has 1 aliphatic rings. The van der Waals surface area contributed by atoms with E-state index in [0.717, 1.165) is 28.4 Å². The number of carbonyl (C=O) groups excluding carboxylic acids is 2. The lowest BCUT2D eigenvalue weighted by Gasteiger charge is -2.16. The van der Waals surface area contributed by atoms with Gasteiger partial charge in [-0.2, -0.15) is 5.10 Å². The van der Waals surface area contributed by atoms with Gasteiger partial charge in [0.05, 0.1) is 16.6 Å². The Morgan fingerprint density at radius 2 is 2.10 bits per heavy atom. The van der Waals surface area contributed by atoms with Crippen molar-refractivity contribution in [2.24, 2.45) is 5.10 Å². The summed E-state index contributed by atoms with van der Waals surface area (Å²) in [5.74, 6) is 0.372. The Morgan fingerprint density at radius 3 is 2.87 bits per heavy atom. The van der Waals surface area contributed by atoms with Crippen molar-refractivity contribution in [3.05, 3.63) is 64.9 Å². The van der Waals surface area contributed by atoms with Crippen LogP contribution in [-0.2, 0) is 4.79 Å². The normalized spacial score (nSPS) is 14.1. The summed E-state index contributed by atoms with van der Waals surface area (Å²) in [5.41, 5.74) is 2.78. The van der Waals surface area contributed by atoms with Gasteiger partial charge in [-0.1, -0.05) is 12.6 Å². The fourth-order valence-corrected chi connectivity index (χ4v) is 4.01. The maximum atomic E-state index is 12.9. The number of rotatable bonds is 3. The van der Waals surface area contributed by atoms with Crippen LogP contribution >= 0.6 is 15.9 Å². The number of amides is 2. The molecule has 1 aromatic carbocycles. The van der Waals surface area contributed by atoms with E-state index in [1.165, 1.54) is 17.3 Å². The van der Waals surface area contributed by atoms with Crippen molar-refractivity contribution in [3.8, 4) is 0 Å². The van der Waals surface area contributed by atoms with E-state index in [2.05, 4.69) is 42.9 Å². The van der Waals surface area contributed by atoms with Gasteiger partial charge in [-0.25, -0.2) is 9.99 Å². The molecule has 4 rings (SSSR count). The molecule has 2 aromatic heterocycles. The molecule has 3 aromatic rings. The molecule has 0 spiro atoms. The Bertz CT molecular complexity index is 1220. The second-order valence-corrected chi connectivity index (χ2v) is 8.08. The molecule has 0 bridgehead atoms. The summed E-state index contributed by atoms with van der Waals surface area (Å²) < 4.78 is 2.61. The molecule has 0 unspecified atom stereocenters. The van der Waals surface area contributed by atoms with Crippen LogP contribution < -0.4 is 5.32 Å². The van der Waals surface area contributed by atoms with Gasteiger partial charge in [0.1, 0.15) is 5.84 Å². The lowest BCUT2D eigenvalue weighted by molar-refractivity contribution is -0.126. The highest BCUT2D eigenvalue weighted by Crippen LogP contribution is 2.29. The summed E-state index contributed by atoms with van der Waals surface area (Å²) in [7, 11) is 0. The number of anilines is 1. The molecule has 3 heterocycles. The Balaban J connectivity index is 1.83. The number of nitrogens with zero attached hydrogens (tertiary/aromatic N) is 5. The highest BCUT2D eigenvalue weighted by atomic mass is 79.9. The predicted octanol–water partition coefficient (Wildman–Crippen LogP) is 4.11. The van der Waals surface area contributed by atoms with Gasteiger partial charge in [-0.15, -0.1) is 0 Å². The third kappa shape index (κ3) is 4.27. The van der Waals surface area contributed by atoms with Crippen molar-refractivity contribution < 1.29 is 9.59 Å². The minimum Gasteiger partial charge on any atom is -0.291 e. The van der Waals surface area contributed by atoms with Gasteiger partial charge in [0, 0.05) is 29.8 Å². The molecule has 8 nitrogen and oxygen atoms in total. The van der Waals surface area contributed by atoms with Crippen molar-refractivity contribution in [1.82, 2.24) is 19.5 Å². The summed E-state index contributed by atoms with van der Waals surface area (Å²) in [6.07, 6.45) is 6.74. The zero-order valence-corrected chi connectivity index (χ0v) is 18.6. The van der Waals surface area contributed by atoms with E-state index in [9.17, 15) is 9.59 Å². The molecule has 0 radical (unpaired) electrons. The number of hydrogen-bond donors (Lipinski definition) is 1. The Labute approximate surface area is 187 Å². The molecule has 0 fully saturated rings. The number of imidazole rings is 1. The van der Waals surface area contributed by atoms with Crippen molar-refractivity contribution in [3.63, 3.8) is 0 Å². The summed E-state index contributed by atoms with van der Waals surface area (Å²) in [5, 5.41) is 8.91. The topological polar surface area (TPSA) is 92.5 Å². The first-order chi connectivity index (χ1) is 15.0. The minimum atomic E-state index is -0.322. The fraction of sp³-hybridized carbons (Fsp3) is 0.227. The average molecular weight is 481 g/mol. The first-order valence-electron chi connectivity index (χ1n) is 9.89. The molecular formula is C22H21BrN6O2. The number of aromatic nitrogens is 3. The van der Waals surface area contributed by atoms with Crippen LogP contribution in [0.1, 0.15) is 35.2 Å². The second kappa shape index (κ2) is 8.81. The first-order valence-corrected chi connectivity index (χ1v) is 10.7. The third-order valence-electron chi connectivity index (χ3n) is 4.93. The number of para-hydroxylation sites is 1. The number of aryl methyl sites for hydroxylation is 1. The Hall–Kier alpha value is -3.33. The zero-order valence-electron chi connectivity index (χ0n) is 17.0. The molecule has 0 saturated heterocycles.